The maximum absolute atomic E-state index is 10.1. The molecule has 1 fully saturated rings. The van der Waals surface area contributed by atoms with Gasteiger partial charge in [0.25, 0.3) is 0 Å². The summed E-state index contributed by atoms with van der Waals surface area (Å²) in [4.78, 5) is 0. The van der Waals surface area contributed by atoms with Gasteiger partial charge in [-0.1, -0.05) is 42.5 Å². The molecular weight excluding hydrogens is 280 g/mol. The standard InChI is InChI=1S/C18H26O4/c1-14(20-12-15-9-5-4-6-10-15)8-7-11-16(19)17-13-21-18(2,3)22-17/h4-10,14,16-17,19H,11-13H2,1-3H3/b8-7-/t14-,16+,17-/m0/s1. The lowest BCUT2D eigenvalue weighted by Crippen LogP contribution is -2.30. The molecule has 1 aromatic carbocycles. The number of ether oxygens (including phenoxy) is 3. The van der Waals surface area contributed by atoms with E-state index in [1.807, 2.05) is 63.3 Å². The van der Waals surface area contributed by atoms with Crippen molar-refractivity contribution in [1.29, 1.82) is 0 Å². The highest BCUT2D eigenvalue weighted by Gasteiger charge is 2.36. The van der Waals surface area contributed by atoms with Gasteiger partial charge in [0.15, 0.2) is 5.79 Å². The molecule has 1 heterocycles. The van der Waals surface area contributed by atoms with Gasteiger partial charge in [0.05, 0.1) is 25.4 Å². The number of hydrogen-bond acceptors (Lipinski definition) is 4. The lowest BCUT2D eigenvalue weighted by atomic mass is 10.1. The predicted octanol–water partition coefficient (Wildman–Crippen LogP) is 3.05. The topological polar surface area (TPSA) is 47.9 Å². The highest BCUT2D eigenvalue weighted by Crippen LogP contribution is 2.25. The van der Waals surface area contributed by atoms with Gasteiger partial charge in [0.1, 0.15) is 6.10 Å². The van der Waals surface area contributed by atoms with Gasteiger partial charge in [0.2, 0.25) is 0 Å². The van der Waals surface area contributed by atoms with E-state index in [0.29, 0.717) is 19.6 Å². The highest BCUT2D eigenvalue weighted by atomic mass is 16.7. The Kier molecular flexibility index (Phi) is 6.15. The third-order valence-corrected chi connectivity index (χ3v) is 3.60. The van der Waals surface area contributed by atoms with Gasteiger partial charge in [-0.2, -0.15) is 0 Å². The third-order valence-electron chi connectivity index (χ3n) is 3.60. The van der Waals surface area contributed by atoms with Crippen LogP contribution >= 0.6 is 0 Å². The van der Waals surface area contributed by atoms with Crippen molar-refractivity contribution in [2.45, 2.75) is 57.9 Å². The van der Waals surface area contributed by atoms with Gasteiger partial charge in [-0.15, -0.1) is 0 Å². The first-order chi connectivity index (χ1) is 10.5. The number of aliphatic hydroxyl groups excluding tert-OH is 1. The Labute approximate surface area is 132 Å². The Morgan fingerprint density at radius 1 is 1.36 bits per heavy atom. The van der Waals surface area contributed by atoms with Gasteiger partial charge >= 0.3 is 0 Å². The molecule has 0 radical (unpaired) electrons. The van der Waals surface area contributed by atoms with Crippen LogP contribution in [-0.2, 0) is 20.8 Å². The molecule has 4 nitrogen and oxygen atoms in total. The summed E-state index contributed by atoms with van der Waals surface area (Å²) < 4.78 is 16.8. The summed E-state index contributed by atoms with van der Waals surface area (Å²) in [5.41, 5.74) is 1.15. The molecule has 1 saturated heterocycles. The summed E-state index contributed by atoms with van der Waals surface area (Å²) in [6.07, 6.45) is 3.62. The summed E-state index contributed by atoms with van der Waals surface area (Å²) in [5, 5.41) is 10.1. The maximum Gasteiger partial charge on any atom is 0.163 e. The molecule has 0 unspecified atom stereocenters. The lowest BCUT2D eigenvalue weighted by Gasteiger charge is -2.19. The van der Waals surface area contributed by atoms with E-state index in [2.05, 4.69) is 0 Å². The van der Waals surface area contributed by atoms with Crippen molar-refractivity contribution < 1.29 is 19.3 Å². The molecular formula is C18H26O4. The van der Waals surface area contributed by atoms with E-state index >= 15 is 0 Å². The first-order valence-electron chi connectivity index (χ1n) is 7.78. The van der Waals surface area contributed by atoms with Crippen LogP contribution < -0.4 is 0 Å². The molecule has 1 N–H and O–H groups in total. The second-order valence-corrected chi connectivity index (χ2v) is 6.10. The largest absolute Gasteiger partial charge is 0.390 e. The van der Waals surface area contributed by atoms with Crippen molar-refractivity contribution in [3.8, 4) is 0 Å². The van der Waals surface area contributed by atoms with Crippen molar-refractivity contribution in [2.24, 2.45) is 0 Å². The quantitative estimate of drug-likeness (QED) is 0.787. The van der Waals surface area contributed by atoms with Crippen LogP contribution in [0.15, 0.2) is 42.5 Å². The molecule has 3 atom stereocenters. The Bertz CT molecular complexity index is 469. The van der Waals surface area contributed by atoms with Crippen LogP contribution in [0.1, 0.15) is 32.8 Å². The fourth-order valence-electron chi connectivity index (χ4n) is 2.32. The normalized spacial score (nSPS) is 23.7. The molecule has 0 saturated carbocycles. The van der Waals surface area contributed by atoms with Crippen molar-refractivity contribution in [2.75, 3.05) is 6.61 Å². The zero-order valence-corrected chi connectivity index (χ0v) is 13.6. The van der Waals surface area contributed by atoms with Gasteiger partial charge in [-0.05, 0) is 32.8 Å². The summed E-state index contributed by atoms with van der Waals surface area (Å²) in [6, 6.07) is 10.1. The summed E-state index contributed by atoms with van der Waals surface area (Å²) in [5.74, 6) is -0.596. The van der Waals surface area contributed by atoms with Crippen LogP contribution in [-0.4, -0.2) is 35.8 Å². The molecule has 0 aromatic heterocycles. The van der Waals surface area contributed by atoms with Crippen LogP contribution in [0.3, 0.4) is 0 Å². The SMILES string of the molecule is C[C@@H](/C=C\C[C@@H](O)[C@@H]1COC(C)(C)O1)OCc1ccccc1. The Morgan fingerprint density at radius 2 is 2.09 bits per heavy atom. The zero-order valence-electron chi connectivity index (χ0n) is 13.6. The minimum absolute atomic E-state index is 0.00425. The molecule has 1 aliphatic rings. The number of hydrogen-bond donors (Lipinski definition) is 1. The van der Waals surface area contributed by atoms with Crippen molar-refractivity contribution >= 4 is 0 Å². The van der Waals surface area contributed by atoms with Crippen LogP contribution in [0.25, 0.3) is 0 Å². The molecule has 0 aliphatic carbocycles. The Balaban J connectivity index is 1.68. The fraction of sp³-hybridized carbons (Fsp3) is 0.556. The summed E-state index contributed by atoms with van der Waals surface area (Å²) in [6.45, 7) is 6.72. The lowest BCUT2D eigenvalue weighted by molar-refractivity contribution is -0.150. The molecule has 1 aromatic rings. The average molecular weight is 306 g/mol. The van der Waals surface area contributed by atoms with E-state index in [-0.39, 0.29) is 12.2 Å². The average Bonchev–Trinajstić information content (AvgIpc) is 2.86. The van der Waals surface area contributed by atoms with Gasteiger partial charge in [-0.3, -0.25) is 0 Å². The van der Waals surface area contributed by atoms with Crippen LogP contribution in [0, 0.1) is 0 Å². The molecule has 2 rings (SSSR count). The first kappa shape index (κ1) is 17.2. The van der Waals surface area contributed by atoms with E-state index in [1.54, 1.807) is 0 Å². The van der Waals surface area contributed by atoms with E-state index in [4.69, 9.17) is 14.2 Å². The first-order valence-corrected chi connectivity index (χ1v) is 7.78. The molecule has 0 spiro atoms. The molecule has 0 bridgehead atoms. The van der Waals surface area contributed by atoms with Crippen LogP contribution in [0.2, 0.25) is 0 Å². The predicted molar refractivity (Wildman–Crippen MR) is 85.4 cm³/mol. The van der Waals surface area contributed by atoms with E-state index in [0.717, 1.165) is 5.56 Å². The number of benzene rings is 1. The second-order valence-electron chi connectivity index (χ2n) is 6.10. The molecule has 122 valence electrons. The van der Waals surface area contributed by atoms with E-state index in [1.165, 1.54) is 0 Å². The highest BCUT2D eigenvalue weighted by molar-refractivity contribution is 5.13. The molecule has 1 aliphatic heterocycles. The molecule has 4 heteroatoms. The zero-order chi connectivity index (χ0) is 16.0. The Morgan fingerprint density at radius 3 is 2.73 bits per heavy atom. The van der Waals surface area contributed by atoms with Gasteiger partial charge in [0, 0.05) is 0 Å². The monoisotopic (exact) mass is 306 g/mol. The molecule has 22 heavy (non-hydrogen) atoms. The van der Waals surface area contributed by atoms with E-state index in [9.17, 15) is 5.11 Å². The number of rotatable bonds is 7. The summed E-state index contributed by atoms with van der Waals surface area (Å²) >= 11 is 0. The van der Waals surface area contributed by atoms with Gasteiger partial charge < -0.3 is 19.3 Å². The Hall–Kier alpha value is -1.20. The van der Waals surface area contributed by atoms with Crippen LogP contribution in [0.5, 0.6) is 0 Å². The van der Waals surface area contributed by atoms with Gasteiger partial charge in [-0.25, -0.2) is 0 Å². The fourth-order valence-corrected chi connectivity index (χ4v) is 2.32. The van der Waals surface area contributed by atoms with Crippen molar-refractivity contribution in [3.05, 3.63) is 48.0 Å². The third kappa shape index (κ3) is 5.54. The van der Waals surface area contributed by atoms with Crippen LogP contribution in [0.4, 0.5) is 0 Å². The van der Waals surface area contributed by atoms with E-state index < -0.39 is 11.9 Å². The maximum atomic E-state index is 10.1. The van der Waals surface area contributed by atoms with Crippen molar-refractivity contribution in [1.82, 2.24) is 0 Å². The van der Waals surface area contributed by atoms with Crippen molar-refractivity contribution in [3.63, 3.8) is 0 Å². The smallest absolute Gasteiger partial charge is 0.163 e. The minimum atomic E-state index is -0.596. The minimum Gasteiger partial charge on any atom is -0.390 e. The number of aliphatic hydroxyl groups is 1. The summed E-state index contributed by atoms with van der Waals surface area (Å²) in [7, 11) is 0. The molecule has 0 amide bonds. The second kappa shape index (κ2) is 7.88.